The number of nitrogens with zero attached hydrogens (tertiary/aromatic N) is 3. The number of halogens is 1. The van der Waals surface area contributed by atoms with Crippen LogP contribution in [0, 0.1) is 19.7 Å². The number of carbonyl (C=O) groups is 5. The van der Waals surface area contributed by atoms with Crippen molar-refractivity contribution in [3.63, 3.8) is 0 Å². The second kappa shape index (κ2) is 23.0. The van der Waals surface area contributed by atoms with Crippen LogP contribution in [0.3, 0.4) is 0 Å². The van der Waals surface area contributed by atoms with E-state index in [1.54, 1.807) is 38.1 Å². The zero-order valence-corrected chi connectivity index (χ0v) is 37.5. The molecule has 15 heteroatoms. The Morgan fingerprint density at radius 1 is 0.785 bits per heavy atom. The van der Waals surface area contributed by atoms with Crippen LogP contribution in [0.2, 0.25) is 0 Å². The summed E-state index contributed by atoms with van der Waals surface area (Å²) < 4.78 is 24.9. The molecule has 342 valence electrons. The number of aromatic amines is 1. The van der Waals surface area contributed by atoms with Crippen LogP contribution in [-0.4, -0.2) is 92.0 Å². The van der Waals surface area contributed by atoms with Gasteiger partial charge in [-0.05, 0) is 130 Å². The van der Waals surface area contributed by atoms with Gasteiger partial charge in [0.15, 0.2) is 0 Å². The molecule has 4 aromatic carbocycles. The Balaban J connectivity index is 0.000000254. The maximum Gasteiger partial charge on any atom is 0.349 e. The molecule has 0 aliphatic rings. The summed E-state index contributed by atoms with van der Waals surface area (Å²) in [6, 6.07) is 23.7. The van der Waals surface area contributed by atoms with E-state index in [4.69, 9.17) is 9.47 Å². The molecule has 0 saturated heterocycles. The van der Waals surface area contributed by atoms with E-state index in [0.717, 1.165) is 73.0 Å². The van der Waals surface area contributed by atoms with Crippen LogP contribution in [-0.2, 0) is 38.4 Å². The molecular formula is C50H56FN5O9. The second-order valence-corrected chi connectivity index (χ2v) is 16.0. The van der Waals surface area contributed by atoms with Gasteiger partial charge in [0.1, 0.15) is 5.82 Å². The van der Waals surface area contributed by atoms with Crippen molar-refractivity contribution >= 4 is 46.4 Å². The molecule has 2 heterocycles. The van der Waals surface area contributed by atoms with Gasteiger partial charge < -0.3 is 34.9 Å². The van der Waals surface area contributed by atoms with Crippen LogP contribution >= 0.6 is 0 Å². The van der Waals surface area contributed by atoms with E-state index < -0.39 is 36.1 Å². The van der Waals surface area contributed by atoms with Gasteiger partial charge in [0.05, 0.1) is 17.3 Å². The zero-order valence-electron chi connectivity index (χ0n) is 37.5. The number of aliphatic carboxylic acids is 2. The first-order valence-corrected chi connectivity index (χ1v) is 21.5. The van der Waals surface area contributed by atoms with E-state index in [9.17, 15) is 38.6 Å². The fraction of sp³-hybridized carbons (Fsp3) is 0.320. The minimum Gasteiger partial charge on any atom is -0.478 e. The SMILES string of the molecule is CCCn1cc(CCN(C)CCc2c(C(C)CC)[nH]c3ccc(NC(=O)c4ccc(F)cc4)cc23)cn1.Cc1ccc(C(=O)OC(C(=O)O)C(OC(=O)c2ccc(C)cc2)C(=O)O)cc1. The summed E-state index contributed by atoms with van der Waals surface area (Å²) in [5, 5.41) is 27.2. The summed E-state index contributed by atoms with van der Waals surface area (Å²) >= 11 is 0. The Morgan fingerprint density at radius 2 is 1.32 bits per heavy atom. The molecule has 1 amide bonds. The molecule has 0 spiro atoms. The number of anilines is 1. The van der Waals surface area contributed by atoms with E-state index in [2.05, 4.69) is 60.4 Å². The maximum atomic E-state index is 13.2. The number of carbonyl (C=O) groups excluding carboxylic acids is 3. The normalized spacial score (nSPS) is 12.4. The van der Waals surface area contributed by atoms with Gasteiger partial charge in [0, 0.05) is 53.7 Å². The van der Waals surface area contributed by atoms with Gasteiger partial charge in [-0.3, -0.25) is 9.48 Å². The van der Waals surface area contributed by atoms with E-state index in [1.165, 1.54) is 65.4 Å². The molecule has 4 N–H and O–H groups in total. The number of hydrogen-bond acceptors (Lipinski definition) is 9. The Bertz CT molecular complexity index is 2490. The molecular weight excluding hydrogens is 834 g/mol. The molecule has 0 bridgehead atoms. The number of rotatable bonds is 19. The quantitative estimate of drug-likeness (QED) is 0.0569. The number of benzene rings is 4. The predicted octanol–water partition coefficient (Wildman–Crippen LogP) is 8.62. The number of ether oxygens (including phenoxy) is 2. The molecule has 0 fully saturated rings. The highest BCUT2D eigenvalue weighted by atomic mass is 19.1. The van der Waals surface area contributed by atoms with Crippen LogP contribution < -0.4 is 5.32 Å². The standard InChI is InChI=1S/C30H38FN5O.C20H18O8/c1-5-15-36-20-22(19-32-36)13-16-35(4)17-14-26-27-18-25(11-12-28(27)34-29(26)21(3)6-2)33-30(37)23-7-9-24(31)10-8-23;1-11-3-7-13(8-4-11)19(25)27-15(17(21)22)16(18(23)24)28-20(26)14-9-5-12(2)6-10-14/h7-12,18-21,34H,5-6,13-17H2,1-4H3,(H,33,37);3-10,15-16H,1-2H3,(H,21,22)(H,23,24). The number of H-pyrrole nitrogens is 1. The monoisotopic (exact) mass is 889 g/mol. The van der Waals surface area contributed by atoms with Crippen molar-refractivity contribution in [2.45, 2.75) is 85.0 Å². The number of amides is 1. The topological polar surface area (TPSA) is 193 Å². The minimum atomic E-state index is -2.22. The number of esters is 2. The first kappa shape index (κ1) is 48.9. The summed E-state index contributed by atoms with van der Waals surface area (Å²) in [7, 11) is 2.17. The highest BCUT2D eigenvalue weighted by Crippen LogP contribution is 2.32. The van der Waals surface area contributed by atoms with Crippen LogP contribution in [0.1, 0.15) is 98.6 Å². The molecule has 3 unspecified atom stereocenters. The summed E-state index contributed by atoms with van der Waals surface area (Å²) in [4.78, 5) is 66.0. The van der Waals surface area contributed by atoms with Crippen molar-refractivity contribution in [3.8, 4) is 0 Å². The van der Waals surface area contributed by atoms with E-state index >= 15 is 0 Å². The van der Waals surface area contributed by atoms with Crippen LogP contribution in [0.5, 0.6) is 0 Å². The average molecular weight is 890 g/mol. The van der Waals surface area contributed by atoms with Crippen LogP contribution in [0.25, 0.3) is 10.9 Å². The number of fused-ring (bicyclic) bond motifs is 1. The Labute approximate surface area is 377 Å². The number of nitrogens with one attached hydrogen (secondary N) is 2. The van der Waals surface area contributed by atoms with Gasteiger partial charge in [0.25, 0.3) is 5.91 Å². The predicted molar refractivity (Wildman–Crippen MR) is 245 cm³/mol. The Kier molecular flexibility index (Phi) is 17.3. The molecule has 6 aromatic rings. The average Bonchev–Trinajstić information content (AvgIpc) is 3.90. The van der Waals surface area contributed by atoms with Gasteiger partial charge in [-0.15, -0.1) is 0 Å². The first-order valence-electron chi connectivity index (χ1n) is 21.5. The molecule has 6 rings (SSSR count). The third-order valence-electron chi connectivity index (χ3n) is 10.9. The zero-order chi connectivity index (χ0) is 47.2. The highest BCUT2D eigenvalue weighted by Gasteiger charge is 2.41. The lowest BCUT2D eigenvalue weighted by Crippen LogP contribution is -2.45. The minimum absolute atomic E-state index is 0.0332. The third-order valence-corrected chi connectivity index (χ3v) is 10.9. The third kappa shape index (κ3) is 13.7. The molecule has 0 aliphatic heterocycles. The van der Waals surface area contributed by atoms with E-state index in [0.29, 0.717) is 11.5 Å². The Morgan fingerprint density at radius 3 is 1.85 bits per heavy atom. The van der Waals surface area contributed by atoms with Crippen molar-refractivity contribution in [2.24, 2.45) is 0 Å². The molecule has 3 atom stereocenters. The number of hydrogen-bond donors (Lipinski definition) is 4. The van der Waals surface area contributed by atoms with Crippen molar-refractivity contribution < 1.29 is 48.0 Å². The van der Waals surface area contributed by atoms with E-state index in [1.807, 2.05) is 23.0 Å². The lowest BCUT2D eigenvalue weighted by Gasteiger charge is -2.21. The molecule has 0 saturated carbocycles. The number of aryl methyl sites for hydroxylation is 3. The van der Waals surface area contributed by atoms with Crippen molar-refractivity contribution in [3.05, 3.63) is 154 Å². The summed E-state index contributed by atoms with van der Waals surface area (Å²) in [5.41, 5.74) is 7.89. The summed E-state index contributed by atoms with van der Waals surface area (Å²) in [6.45, 7) is 13.1. The van der Waals surface area contributed by atoms with Crippen molar-refractivity contribution in [2.75, 3.05) is 25.5 Å². The lowest BCUT2D eigenvalue weighted by atomic mass is 9.97. The highest BCUT2D eigenvalue weighted by molar-refractivity contribution is 6.05. The molecule has 0 radical (unpaired) electrons. The van der Waals surface area contributed by atoms with E-state index in [-0.39, 0.29) is 22.9 Å². The molecule has 2 aromatic heterocycles. The number of carboxylic acid groups (broad SMARTS) is 2. The molecule has 14 nitrogen and oxygen atoms in total. The van der Waals surface area contributed by atoms with Gasteiger partial charge in [0.2, 0.25) is 12.2 Å². The lowest BCUT2D eigenvalue weighted by molar-refractivity contribution is -0.166. The van der Waals surface area contributed by atoms with Crippen LogP contribution in [0.15, 0.2) is 103 Å². The van der Waals surface area contributed by atoms with Crippen molar-refractivity contribution in [1.29, 1.82) is 0 Å². The van der Waals surface area contributed by atoms with Gasteiger partial charge in [-0.2, -0.15) is 5.10 Å². The summed E-state index contributed by atoms with van der Waals surface area (Å²) in [5.74, 6) is -5.82. The smallest absolute Gasteiger partial charge is 0.349 e. The van der Waals surface area contributed by atoms with Crippen LogP contribution in [0.4, 0.5) is 10.1 Å². The number of likely N-dealkylation sites (N-methyl/N-ethyl adjacent to an activating group) is 1. The number of aromatic nitrogens is 3. The maximum absolute atomic E-state index is 13.2. The second-order valence-electron chi connectivity index (χ2n) is 16.0. The molecule has 0 aliphatic carbocycles. The van der Waals surface area contributed by atoms with Gasteiger partial charge in [-0.25, -0.2) is 23.6 Å². The fourth-order valence-electron chi connectivity index (χ4n) is 6.90. The Hall–Kier alpha value is -7.13. The van der Waals surface area contributed by atoms with Crippen molar-refractivity contribution in [1.82, 2.24) is 19.7 Å². The molecule has 65 heavy (non-hydrogen) atoms. The number of carboxylic acids is 2. The van der Waals surface area contributed by atoms with Gasteiger partial charge >= 0.3 is 23.9 Å². The van der Waals surface area contributed by atoms with Gasteiger partial charge in [-0.1, -0.05) is 56.2 Å². The largest absolute Gasteiger partial charge is 0.478 e. The first-order chi connectivity index (χ1) is 31.1. The summed E-state index contributed by atoms with van der Waals surface area (Å²) in [6.07, 6.45) is 3.72. The fourth-order valence-corrected chi connectivity index (χ4v) is 6.90.